The van der Waals surface area contributed by atoms with Gasteiger partial charge < -0.3 is 10.1 Å². The summed E-state index contributed by atoms with van der Waals surface area (Å²) in [5.74, 6) is 1.67. The van der Waals surface area contributed by atoms with E-state index >= 15 is 0 Å². The van der Waals surface area contributed by atoms with Crippen molar-refractivity contribution in [3.63, 3.8) is 0 Å². The Morgan fingerprint density at radius 3 is 2.87 bits per heavy atom. The lowest BCUT2D eigenvalue weighted by Crippen LogP contribution is -2.20. The lowest BCUT2D eigenvalue weighted by Gasteiger charge is -2.10. The smallest absolute Gasteiger partial charge is 0.119 e. The van der Waals surface area contributed by atoms with Gasteiger partial charge in [-0.15, -0.1) is 0 Å². The van der Waals surface area contributed by atoms with Crippen LogP contribution in [-0.2, 0) is 6.54 Å². The van der Waals surface area contributed by atoms with E-state index < -0.39 is 0 Å². The molecular formula is C13H21NO. The second kappa shape index (κ2) is 6.46. The van der Waals surface area contributed by atoms with Gasteiger partial charge in [-0.3, -0.25) is 0 Å². The molecule has 0 fully saturated rings. The van der Waals surface area contributed by atoms with Gasteiger partial charge in [-0.25, -0.2) is 0 Å². The quantitative estimate of drug-likeness (QED) is 0.774. The third-order valence-corrected chi connectivity index (χ3v) is 2.65. The van der Waals surface area contributed by atoms with E-state index in [9.17, 15) is 0 Å². The highest BCUT2D eigenvalue weighted by atomic mass is 16.5. The van der Waals surface area contributed by atoms with Crippen molar-refractivity contribution < 1.29 is 4.74 Å². The molecule has 0 heterocycles. The van der Waals surface area contributed by atoms with E-state index in [-0.39, 0.29) is 0 Å². The lowest BCUT2D eigenvalue weighted by molar-refractivity contribution is 0.414. The largest absolute Gasteiger partial charge is 0.497 e. The number of hydrogen-bond acceptors (Lipinski definition) is 2. The fourth-order valence-electron chi connectivity index (χ4n) is 1.39. The van der Waals surface area contributed by atoms with Crippen molar-refractivity contribution in [2.24, 2.45) is 5.92 Å². The predicted molar refractivity (Wildman–Crippen MR) is 64.2 cm³/mol. The molecule has 0 aliphatic heterocycles. The van der Waals surface area contributed by atoms with Crippen molar-refractivity contribution in [1.29, 1.82) is 0 Å². The van der Waals surface area contributed by atoms with E-state index in [1.165, 1.54) is 12.0 Å². The Balaban J connectivity index is 2.37. The minimum absolute atomic E-state index is 0.746. The molecule has 0 amide bonds. The van der Waals surface area contributed by atoms with E-state index in [0.717, 1.165) is 24.8 Å². The van der Waals surface area contributed by atoms with E-state index in [2.05, 4.69) is 31.3 Å². The SMILES string of the molecule is CCC(C)CNCc1cccc(OC)c1. The van der Waals surface area contributed by atoms with Gasteiger partial charge in [0.25, 0.3) is 0 Å². The highest BCUT2D eigenvalue weighted by Gasteiger charge is 1.99. The van der Waals surface area contributed by atoms with Gasteiger partial charge in [0.1, 0.15) is 5.75 Å². The minimum Gasteiger partial charge on any atom is -0.497 e. The molecule has 15 heavy (non-hydrogen) atoms. The first-order chi connectivity index (χ1) is 7.26. The van der Waals surface area contributed by atoms with Crippen molar-refractivity contribution in [2.75, 3.05) is 13.7 Å². The standard InChI is InChI=1S/C13H21NO/c1-4-11(2)9-14-10-12-6-5-7-13(8-12)15-3/h5-8,11,14H,4,9-10H2,1-3H3. The molecule has 1 atom stereocenters. The van der Waals surface area contributed by atoms with Gasteiger partial charge in [0.15, 0.2) is 0 Å². The number of hydrogen-bond donors (Lipinski definition) is 1. The number of nitrogens with one attached hydrogen (secondary N) is 1. The zero-order valence-electron chi connectivity index (χ0n) is 9.92. The normalized spacial score (nSPS) is 12.5. The first-order valence-corrected chi connectivity index (χ1v) is 5.60. The van der Waals surface area contributed by atoms with Crippen molar-refractivity contribution in [2.45, 2.75) is 26.8 Å². The van der Waals surface area contributed by atoms with Gasteiger partial charge in [0.2, 0.25) is 0 Å². The van der Waals surface area contributed by atoms with Crippen LogP contribution in [0.25, 0.3) is 0 Å². The van der Waals surface area contributed by atoms with Gasteiger partial charge in [0.05, 0.1) is 7.11 Å². The minimum atomic E-state index is 0.746. The van der Waals surface area contributed by atoms with Gasteiger partial charge in [-0.2, -0.15) is 0 Å². The third-order valence-electron chi connectivity index (χ3n) is 2.65. The summed E-state index contributed by atoms with van der Waals surface area (Å²) >= 11 is 0. The molecule has 0 aliphatic carbocycles. The Bertz CT molecular complexity index is 286. The molecule has 0 spiro atoms. The summed E-state index contributed by atoms with van der Waals surface area (Å²) in [5.41, 5.74) is 1.28. The molecule has 1 rings (SSSR count). The highest BCUT2D eigenvalue weighted by Crippen LogP contribution is 2.12. The van der Waals surface area contributed by atoms with E-state index in [1.54, 1.807) is 7.11 Å². The first-order valence-electron chi connectivity index (χ1n) is 5.60. The molecule has 84 valence electrons. The fourth-order valence-corrected chi connectivity index (χ4v) is 1.39. The average Bonchev–Trinajstić information content (AvgIpc) is 2.29. The first kappa shape index (κ1) is 12.1. The Morgan fingerprint density at radius 2 is 2.20 bits per heavy atom. The van der Waals surface area contributed by atoms with E-state index in [0.29, 0.717) is 0 Å². The number of ether oxygens (including phenoxy) is 1. The number of methoxy groups -OCH3 is 1. The number of benzene rings is 1. The molecule has 0 bridgehead atoms. The van der Waals surface area contributed by atoms with Crippen LogP contribution in [-0.4, -0.2) is 13.7 Å². The topological polar surface area (TPSA) is 21.3 Å². The second-order valence-electron chi connectivity index (χ2n) is 4.00. The number of rotatable bonds is 6. The summed E-state index contributed by atoms with van der Waals surface area (Å²) in [6.07, 6.45) is 1.23. The summed E-state index contributed by atoms with van der Waals surface area (Å²) in [6.45, 7) is 6.48. The van der Waals surface area contributed by atoms with Crippen molar-refractivity contribution in [1.82, 2.24) is 5.32 Å². The average molecular weight is 207 g/mol. The summed E-state index contributed by atoms with van der Waals surface area (Å²) in [6, 6.07) is 8.19. The maximum absolute atomic E-state index is 5.18. The summed E-state index contributed by atoms with van der Waals surface area (Å²) in [7, 11) is 1.70. The molecule has 1 aromatic carbocycles. The highest BCUT2D eigenvalue weighted by molar-refractivity contribution is 5.28. The Kier molecular flexibility index (Phi) is 5.19. The summed E-state index contributed by atoms with van der Waals surface area (Å²) in [5, 5.41) is 3.45. The Labute approximate surface area is 92.6 Å². The Morgan fingerprint density at radius 1 is 1.40 bits per heavy atom. The third kappa shape index (κ3) is 4.34. The summed E-state index contributed by atoms with van der Waals surface area (Å²) in [4.78, 5) is 0. The molecule has 1 N–H and O–H groups in total. The molecule has 2 heteroatoms. The van der Waals surface area contributed by atoms with Crippen LogP contribution in [0.2, 0.25) is 0 Å². The second-order valence-corrected chi connectivity index (χ2v) is 4.00. The predicted octanol–water partition coefficient (Wildman–Crippen LogP) is 2.83. The van der Waals surface area contributed by atoms with Crippen molar-refractivity contribution in [3.05, 3.63) is 29.8 Å². The monoisotopic (exact) mass is 207 g/mol. The molecule has 1 unspecified atom stereocenters. The van der Waals surface area contributed by atoms with Crippen molar-refractivity contribution in [3.8, 4) is 5.75 Å². The molecule has 0 saturated carbocycles. The molecule has 0 saturated heterocycles. The lowest BCUT2D eigenvalue weighted by atomic mass is 10.1. The van der Waals surface area contributed by atoms with Crippen LogP contribution >= 0.6 is 0 Å². The van der Waals surface area contributed by atoms with Crippen LogP contribution < -0.4 is 10.1 Å². The van der Waals surface area contributed by atoms with Crippen LogP contribution in [0.15, 0.2) is 24.3 Å². The summed E-state index contributed by atoms with van der Waals surface area (Å²) < 4.78 is 5.18. The van der Waals surface area contributed by atoms with E-state index in [4.69, 9.17) is 4.74 Å². The van der Waals surface area contributed by atoms with Gasteiger partial charge >= 0.3 is 0 Å². The van der Waals surface area contributed by atoms with Crippen LogP contribution in [0.1, 0.15) is 25.8 Å². The molecule has 2 nitrogen and oxygen atoms in total. The van der Waals surface area contributed by atoms with Crippen LogP contribution in [0.3, 0.4) is 0 Å². The van der Waals surface area contributed by atoms with Crippen molar-refractivity contribution >= 4 is 0 Å². The maximum Gasteiger partial charge on any atom is 0.119 e. The van der Waals surface area contributed by atoms with Crippen LogP contribution in [0.4, 0.5) is 0 Å². The molecule has 1 aromatic rings. The zero-order chi connectivity index (χ0) is 11.1. The molecule has 0 radical (unpaired) electrons. The van der Waals surface area contributed by atoms with Gasteiger partial charge in [0, 0.05) is 6.54 Å². The maximum atomic E-state index is 5.18. The molecule has 0 aromatic heterocycles. The zero-order valence-corrected chi connectivity index (χ0v) is 9.92. The molecule has 0 aliphatic rings. The van der Waals surface area contributed by atoms with E-state index in [1.807, 2.05) is 12.1 Å². The van der Waals surface area contributed by atoms with Crippen LogP contribution in [0.5, 0.6) is 5.75 Å². The van der Waals surface area contributed by atoms with Crippen LogP contribution in [0, 0.1) is 5.92 Å². The van der Waals surface area contributed by atoms with Gasteiger partial charge in [-0.1, -0.05) is 32.4 Å². The fraction of sp³-hybridized carbons (Fsp3) is 0.538. The Hall–Kier alpha value is -1.02. The van der Waals surface area contributed by atoms with Gasteiger partial charge in [-0.05, 0) is 30.2 Å². The molecular weight excluding hydrogens is 186 g/mol.